The molecule has 0 aliphatic heterocycles. The summed E-state index contributed by atoms with van der Waals surface area (Å²) in [5.41, 5.74) is 1.10. The maximum atomic E-state index is 4.35. The lowest BCUT2D eigenvalue weighted by Crippen LogP contribution is -2.18. The van der Waals surface area contributed by atoms with Gasteiger partial charge in [0, 0.05) is 18.8 Å². The van der Waals surface area contributed by atoms with Crippen LogP contribution in [0.4, 0.5) is 0 Å². The van der Waals surface area contributed by atoms with Crippen LogP contribution in [0.15, 0.2) is 12.3 Å². The van der Waals surface area contributed by atoms with Crippen molar-refractivity contribution in [3.8, 4) is 0 Å². The second-order valence-corrected chi connectivity index (χ2v) is 3.99. The van der Waals surface area contributed by atoms with E-state index in [0.29, 0.717) is 0 Å². The van der Waals surface area contributed by atoms with E-state index in [1.807, 2.05) is 19.2 Å². The summed E-state index contributed by atoms with van der Waals surface area (Å²) in [5, 5.41) is 3.51. The molecule has 0 saturated heterocycles. The Morgan fingerprint density at radius 2 is 2.43 bits per heavy atom. The molecule has 2 rings (SSSR count). The molecule has 1 aliphatic carbocycles. The van der Waals surface area contributed by atoms with Crippen molar-refractivity contribution in [3.63, 3.8) is 0 Å². The third-order valence-corrected chi connectivity index (χ3v) is 2.83. The third-order valence-electron chi connectivity index (χ3n) is 2.83. The average Bonchev–Trinajstić information content (AvgIpc) is 2.93. The summed E-state index contributed by atoms with van der Waals surface area (Å²) in [6, 6.07) is 2.71. The van der Waals surface area contributed by atoms with Gasteiger partial charge < -0.3 is 5.32 Å². The van der Waals surface area contributed by atoms with Crippen molar-refractivity contribution in [2.45, 2.75) is 39.3 Å². The first-order valence-electron chi connectivity index (χ1n) is 5.31. The van der Waals surface area contributed by atoms with Crippen molar-refractivity contribution < 1.29 is 0 Å². The van der Waals surface area contributed by atoms with Gasteiger partial charge in [0.2, 0.25) is 0 Å². The molecule has 2 unspecified atom stereocenters. The topological polar surface area (TPSA) is 37.8 Å². The Morgan fingerprint density at radius 3 is 3.07 bits per heavy atom. The molecule has 14 heavy (non-hydrogen) atoms. The third kappa shape index (κ3) is 2.29. The molecule has 3 heteroatoms. The molecule has 1 fully saturated rings. The lowest BCUT2D eigenvalue weighted by Gasteiger charge is -2.03. The highest BCUT2D eigenvalue weighted by molar-refractivity contribution is 5.03. The molecule has 2 atom stereocenters. The van der Waals surface area contributed by atoms with Crippen LogP contribution in [-0.2, 0) is 6.54 Å². The van der Waals surface area contributed by atoms with Gasteiger partial charge in [0.15, 0.2) is 0 Å². The Kier molecular flexibility index (Phi) is 2.77. The van der Waals surface area contributed by atoms with E-state index >= 15 is 0 Å². The Balaban J connectivity index is 1.81. The fraction of sp³-hybridized carbons (Fsp3) is 0.636. The first kappa shape index (κ1) is 9.59. The summed E-state index contributed by atoms with van der Waals surface area (Å²) in [6.45, 7) is 5.06. The van der Waals surface area contributed by atoms with E-state index < -0.39 is 0 Å². The molecule has 1 aromatic heterocycles. The molecule has 1 heterocycles. The zero-order valence-corrected chi connectivity index (χ0v) is 8.83. The summed E-state index contributed by atoms with van der Waals surface area (Å²) in [6.07, 6.45) is 4.45. The van der Waals surface area contributed by atoms with E-state index in [1.54, 1.807) is 0 Å². The maximum Gasteiger partial charge on any atom is 0.125 e. The normalized spacial score (nSPS) is 25.0. The fourth-order valence-electron chi connectivity index (χ4n) is 1.79. The minimum Gasteiger partial charge on any atom is -0.308 e. The summed E-state index contributed by atoms with van der Waals surface area (Å²) in [4.78, 5) is 8.42. The number of hydrogen-bond acceptors (Lipinski definition) is 3. The van der Waals surface area contributed by atoms with Gasteiger partial charge in [0.1, 0.15) is 5.82 Å². The van der Waals surface area contributed by atoms with Crippen LogP contribution in [0.2, 0.25) is 0 Å². The smallest absolute Gasteiger partial charge is 0.125 e. The molecule has 1 saturated carbocycles. The van der Waals surface area contributed by atoms with Gasteiger partial charge in [-0.05, 0) is 25.3 Å². The number of aromatic nitrogens is 2. The highest BCUT2D eigenvalue weighted by atomic mass is 15.0. The van der Waals surface area contributed by atoms with E-state index in [0.717, 1.165) is 30.0 Å². The van der Waals surface area contributed by atoms with Crippen LogP contribution in [0, 0.1) is 12.8 Å². The monoisotopic (exact) mass is 191 g/mol. The number of hydrogen-bond donors (Lipinski definition) is 1. The van der Waals surface area contributed by atoms with Gasteiger partial charge in [-0.3, -0.25) is 0 Å². The number of nitrogens with one attached hydrogen (secondary N) is 1. The highest BCUT2D eigenvalue weighted by Crippen LogP contribution is 2.33. The maximum absolute atomic E-state index is 4.35. The first-order valence-corrected chi connectivity index (χ1v) is 5.31. The number of nitrogens with zero attached hydrogens (tertiary/aromatic N) is 2. The standard InChI is InChI=1S/C11H17N3/c1-3-9-6-11(9)13-7-10-4-5-12-8(2)14-10/h4-5,9,11,13H,3,6-7H2,1-2H3. The molecular formula is C11H17N3. The van der Waals surface area contributed by atoms with Crippen molar-refractivity contribution in [1.82, 2.24) is 15.3 Å². The van der Waals surface area contributed by atoms with Gasteiger partial charge in [-0.2, -0.15) is 0 Å². The Bertz CT molecular complexity index is 311. The first-order chi connectivity index (χ1) is 6.79. The summed E-state index contributed by atoms with van der Waals surface area (Å²) >= 11 is 0. The van der Waals surface area contributed by atoms with E-state index in [2.05, 4.69) is 22.2 Å². The van der Waals surface area contributed by atoms with Crippen LogP contribution in [0.25, 0.3) is 0 Å². The molecular weight excluding hydrogens is 174 g/mol. The van der Waals surface area contributed by atoms with Crippen LogP contribution < -0.4 is 5.32 Å². The van der Waals surface area contributed by atoms with Gasteiger partial charge >= 0.3 is 0 Å². The molecule has 1 aliphatic rings. The van der Waals surface area contributed by atoms with Crippen LogP contribution in [0.1, 0.15) is 31.3 Å². The lowest BCUT2D eigenvalue weighted by atomic mass is 10.3. The van der Waals surface area contributed by atoms with E-state index in [9.17, 15) is 0 Å². The minimum atomic E-state index is 0.732. The second-order valence-electron chi connectivity index (χ2n) is 3.99. The molecule has 0 amide bonds. The van der Waals surface area contributed by atoms with E-state index in [1.165, 1.54) is 12.8 Å². The Hall–Kier alpha value is -0.960. The van der Waals surface area contributed by atoms with Gasteiger partial charge in [-0.25, -0.2) is 9.97 Å². The Labute approximate surface area is 85.0 Å². The van der Waals surface area contributed by atoms with Gasteiger partial charge in [-0.1, -0.05) is 13.3 Å². The zero-order valence-electron chi connectivity index (χ0n) is 8.83. The van der Waals surface area contributed by atoms with Crippen molar-refractivity contribution in [1.29, 1.82) is 0 Å². The quantitative estimate of drug-likeness (QED) is 0.786. The SMILES string of the molecule is CCC1CC1NCc1ccnc(C)n1. The van der Waals surface area contributed by atoms with E-state index in [-0.39, 0.29) is 0 Å². The zero-order chi connectivity index (χ0) is 9.97. The van der Waals surface area contributed by atoms with Gasteiger partial charge in [-0.15, -0.1) is 0 Å². The van der Waals surface area contributed by atoms with Crippen LogP contribution in [-0.4, -0.2) is 16.0 Å². The highest BCUT2D eigenvalue weighted by Gasteiger charge is 2.34. The van der Waals surface area contributed by atoms with Crippen LogP contribution in [0.3, 0.4) is 0 Å². The van der Waals surface area contributed by atoms with Gasteiger partial charge in [0.25, 0.3) is 0 Å². The predicted octanol–water partition coefficient (Wildman–Crippen LogP) is 1.67. The molecule has 3 nitrogen and oxygen atoms in total. The average molecular weight is 191 g/mol. The van der Waals surface area contributed by atoms with Crippen LogP contribution >= 0.6 is 0 Å². The van der Waals surface area contributed by atoms with Gasteiger partial charge in [0.05, 0.1) is 5.69 Å². The summed E-state index contributed by atoms with van der Waals surface area (Å²) in [5.74, 6) is 1.75. The van der Waals surface area contributed by atoms with Crippen LogP contribution in [0.5, 0.6) is 0 Å². The largest absolute Gasteiger partial charge is 0.308 e. The van der Waals surface area contributed by atoms with E-state index in [4.69, 9.17) is 0 Å². The molecule has 0 aromatic carbocycles. The van der Waals surface area contributed by atoms with Crippen molar-refractivity contribution in [3.05, 3.63) is 23.8 Å². The molecule has 1 aromatic rings. The summed E-state index contributed by atoms with van der Waals surface area (Å²) < 4.78 is 0. The summed E-state index contributed by atoms with van der Waals surface area (Å²) in [7, 11) is 0. The van der Waals surface area contributed by atoms with Crippen molar-refractivity contribution >= 4 is 0 Å². The number of rotatable bonds is 4. The molecule has 76 valence electrons. The van der Waals surface area contributed by atoms with Crippen molar-refractivity contribution in [2.75, 3.05) is 0 Å². The molecule has 0 spiro atoms. The molecule has 1 N–H and O–H groups in total. The van der Waals surface area contributed by atoms with Crippen molar-refractivity contribution in [2.24, 2.45) is 5.92 Å². The number of aryl methyl sites for hydroxylation is 1. The lowest BCUT2D eigenvalue weighted by molar-refractivity contribution is 0.614. The predicted molar refractivity (Wildman–Crippen MR) is 55.8 cm³/mol. The Morgan fingerprint density at radius 1 is 1.57 bits per heavy atom. The fourth-order valence-corrected chi connectivity index (χ4v) is 1.79. The minimum absolute atomic E-state index is 0.732. The molecule has 0 radical (unpaired) electrons. The molecule has 0 bridgehead atoms. The second kappa shape index (κ2) is 4.05.